The Morgan fingerprint density at radius 3 is 2.28 bits per heavy atom. The minimum atomic E-state index is -1.77. The van der Waals surface area contributed by atoms with Crippen LogP contribution in [0.2, 0.25) is 0 Å². The highest BCUT2D eigenvalue weighted by Crippen LogP contribution is 2.44. The van der Waals surface area contributed by atoms with E-state index >= 15 is 0 Å². The molecular weight excluding hydrogens is 484 g/mol. The van der Waals surface area contributed by atoms with E-state index in [2.05, 4.69) is 0 Å². The fraction of sp³-hybridized carbons (Fsp3) is 0.348. The fourth-order valence-electron chi connectivity index (χ4n) is 3.88. The molecule has 13 heteroatoms. The highest BCUT2D eigenvalue weighted by atomic mass is 16.7. The third kappa shape index (κ3) is 4.12. The molecule has 0 amide bonds. The van der Waals surface area contributed by atoms with Crippen LogP contribution < -0.4 is 19.6 Å². The van der Waals surface area contributed by atoms with Gasteiger partial charge in [-0.3, -0.25) is 4.79 Å². The second kappa shape index (κ2) is 9.72. The predicted octanol–water partition coefficient (Wildman–Crippen LogP) is -0.227. The van der Waals surface area contributed by atoms with Crippen molar-refractivity contribution >= 4 is 11.0 Å². The molecule has 3 aromatic rings. The van der Waals surface area contributed by atoms with Gasteiger partial charge in [-0.25, -0.2) is 0 Å². The first-order valence-electron chi connectivity index (χ1n) is 10.6. The van der Waals surface area contributed by atoms with Crippen molar-refractivity contribution in [2.75, 3.05) is 20.8 Å². The molecule has 0 saturated carbocycles. The Labute approximate surface area is 202 Å². The molecule has 13 nitrogen and oxygen atoms in total. The van der Waals surface area contributed by atoms with Gasteiger partial charge in [-0.2, -0.15) is 0 Å². The molecule has 7 N–H and O–H groups in total. The standard InChI is InChI=1S/C23H24O13/c1-32-11-5-8(3-4-9(11)25)20-18(30)16(28)14-10(26)6-12(21(33-2)22(14)36-20)34-23-19(31)17(29)15(27)13(7-24)35-23/h3-6,13,15,17,19,23-27,29-31H,7H2,1-2H3/t13-,15-,17+,19-,23-/m1/s1. The van der Waals surface area contributed by atoms with Crippen LogP contribution in [0.3, 0.4) is 0 Å². The number of aliphatic hydroxyl groups is 4. The molecule has 0 spiro atoms. The number of fused-ring (bicyclic) bond motifs is 1. The molecule has 36 heavy (non-hydrogen) atoms. The second-order valence-electron chi connectivity index (χ2n) is 7.94. The molecule has 5 atom stereocenters. The van der Waals surface area contributed by atoms with Crippen molar-refractivity contribution in [2.24, 2.45) is 0 Å². The maximum atomic E-state index is 12.9. The van der Waals surface area contributed by atoms with E-state index in [4.69, 9.17) is 23.4 Å². The summed E-state index contributed by atoms with van der Waals surface area (Å²) in [6.45, 7) is -0.696. The Morgan fingerprint density at radius 1 is 0.917 bits per heavy atom. The quantitative estimate of drug-likeness (QED) is 0.230. The van der Waals surface area contributed by atoms with Crippen molar-refractivity contribution in [3.05, 3.63) is 34.5 Å². The molecule has 1 aliphatic heterocycles. The van der Waals surface area contributed by atoms with E-state index in [0.717, 1.165) is 6.07 Å². The van der Waals surface area contributed by atoms with Gasteiger partial charge >= 0.3 is 0 Å². The normalized spacial score (nSPS) is 24.0. The van der Waals surface area contributed by atoms with Gasteiger partial charge in [0.1, 0.15) is 35.6 Å². The number of benzene rings is 2. The number of phenols is 2. The fourth-order valence-corrected chi connectivity index (χ4v) is 3.88. The van der Waals surface area contributed by atoms with Crippen LogP contribution in [0, 0.1) is 0 Å². The maximum Gasteiger partial charge on any atom is 0.238 e. The molecule has 1 aromatic heterocycles. The van der Waals surface area contributed by atoms with Crippen molar-refractivity contribution in [3.8, 4) is 45.8 Å². The molecule has 1 aliphatic rings. The van der Waals surface area contributed by atoms with Crippen LogP contribution in [-0.2, 0) is 4.74 Å². The lowest BCUT2D eigenvalue weighted by Crippen LogP contribution is -2.60. The molecule has 1 fully saturated rings. The number of rotatable bonds is 6. The van der Waals surface area contributed by atoms with Gasteiger partial charge in [0.15, 0.2) is 28.6 Å². The monoisotopic (exact) mass is 508 g/mol. The number of phenolic OH excluding ortho intramolecular Hbond substituents is 2. The largest absolute Gasteiger partial charge is 0.507 e. The van der Waals surface area contributed by atoms with E-state index in [1.165, 1.54) is 32.4 Å². The van der Waals surface area contributed by atoms with E-state index in [1.807, 2.05) is 0 Å². The zero-order valence-corrected chi connectivity index (χ0v) is 19.0. The summed E-state index contributed by atoms with van der Waals surface area (Å²) >= 11 is 0. The van der Waals surface area contributed by atoms with E-state index in [0.29, 0.717) is 0 Å². The summed E-state index contributed by atoms with van der Waals surface area (Å²) in [5, 5.41) is 70.1. The highest BCUT2D eigenvalue weighted by molar-refractivity contribution is 5.93. The summed E-state index contributed by atoms with van der Waals surface area (Å²) in [7, 11) is 2.50. The van der Waals surface area contributed by atoms with Gasteiger partial charge in [-0.1, -0.05) is 0 Å². The minimum Gasteiger partial charge on any atom is -0.507 e. The van der Waals surface area contributed by atoms with Gasteiger partial charge in [0.2, 0.25) is 23.2 Å². The molecule has 0 aliphatic carbocycles. The number of hydrogen-bond acceptors (Lipinski definition) is 13. The summed E-state index contributed by atoms with van der Waals surface area (Å²) in [6, 6.07) is 4.86. The van der Waals surface area contributed by atoms with Gasteiger partial charge in [0.05, 0.1) is 20.8 Å². The molecule has 0 radical (unpaired) electrons. The first-order chi connectivity index (χ1) is 17.1. The molecule has 2 heterocycles. The minimum absolute atomic E-state index is 0.0316. The van der Waals surface area contributed by atoms with Crippen molar-refractivity contribution in [3.63, 3.8) is 0 Å². The van der Waals surface area contributed by atoms with Crippen molar-refractivity contribution in [2.45, 2.75) is 30.7 Å². The van der Waals surface area contributed by atoms with E-state index in [1.54, 1.807) is 0 Å². The average Bonchev–Trinajstić information content (AvgIpc) is 2.86. The number of methoxy groups -OCH3 is 2. The lowest BCUT2D eigenvalue weighted by atomic mass is 9.99. The van der Waals surface area contributed by atoms with Crippen LogP contribution in [0.1, 0.15) is 0 Å². The lowest BCUT2D eigenvalue weighted by molar-refractivity contribution is -0.277. The summed E-state index contributed by atoms with van der Waals surface area (Å²) < 4.78 is 27.0. The van der Waals surface area contributed by atoms with Gasteiger partial charge in [-0.15, -0.1) is 0 Å². The van der Waals surface area contributed by atoms with Crippen LogP contribution in [0.5, 0.6) is 34.5 Å². The number of ether oxygens (including phenoxy) is 4. The van der Waals surface area contributed by atoms with Crippen LogP contribution >= 0.6 is 0 Å². The molecular formula is C23H24O13. The summed E-state index contributed by atoms with van der Waals surface area (Å²) in [5.74, 6) is -2.56. The highest BCUT2D eigenvalue weighted by Gasteiger charge is 2.45. The van der Waals surface area contributed by atoms with Crippen LogP contribution in [0.4, 0.5) is 0 Å². The van der Waals surface area contributed by atoms with Crippen LogP contribution in [-0.4, -0.2) is 87.3 Å². The van der Waals surface area contributed by atoms with Crippen LogP contribution in [0.15, 0.2) is 33.5 Å². The Balaban J connectivity index is 1.87. The predicted molar refractivity (Wildman–Crippen MR) is 120 cm³/mol. The maximum absolute atomic E-state index is 12.9. The number of aromatic hydroxyl groups is 3. The summed E-state index contributed by atoms with van der Waals surface area (Å²) in [5.41, 5.74) is -1.21. The van der Waals surface area contributed by atoms with E-state index in [-0.39, 0.29) is 39.9 Å². The topological polar surface area (TPSA) is 209 Å². The Kier molecular flexibility index (Phi) is 6.84. The Morgan fingerprint density at radius 2 is 1.64 bits per heavy atom. The molecule has 4 rings (SSSR count). The SMILES string of the molecule is COc1cc(-c2oc3c(OC)c(O[C@@H]4O[C@H](CO)[C@@H](O)[C@H](O)[C@H]4O)cc(O)c3c(=O)c2O)ccc1O. The van der Waals surface area contributed by atoms with Gasteiger partial charge in [0.25, 0.3) is 0 Å². The summed E-state index contributed by atoms with van der Waals surface area (Å²) in [6.07, 6.45) is -8.01. The number of aliphatic hydroxyl groups excluding tert-OH is 4. The first kappa shape index (κ1) is 25.3. The van der Waals surface area contributed by atoms with Gasteiger partial charge < -0.3 is 59.1 Å². The van der Waals surface area contributed by atoms with E-state index in [9.17, 15) is 40.5 Å². The van der Waals surface area contributed by atoms with Gasteiger partial charge in [-0.05, 0) is 18.2 Å². The third-order valence-corrected chi connectivity index (χ3v) is 5.78. The lowest BCUT2D eigenvalue weighted by Gasteiger charge is -2.39. The Hall–Kier alpha value is -3.75. The molecule has 0 bridgehead atoms. The first-order valence-corrected chi connectivity index (χ1v) is 10.6. The molecule has 0 unspecified atom stereocenters. The average molecular weight is 508 g/mol. The van der Waals surface area contributed by atoms with Gasteiger partial charge in [0, 0.05) is 11.6 Å². The molecule has 1 saturated heterocycles. The van der Waals surface area contributed by atoms with Crippen molar-refractivity contribution in [1.29, 1.82) is 0 Å². The van der Waals surface area contributed by atoms with E-state index < -0.39 is 59.6 Å². The van der Waals surface area contributed by atoms with Crippen molar-refractivity contribution in [1.82, 2.24) is 0 Å². The number of hydrogen-bond donors (Lipinski definition) is 7. The zero-order valence-electron chi connectivity index (χ0n) is 19.0. The molecule has 194 valence electrons. The van der Waals surface area contributed by atoms with Crippen molar-refractivity contribution < 1.29 is 59.1 Å². The third-order valence-electron chi connectivity index (χ3n) is 5.78. The van der Waals surface area contributed by atoms with Crippen LogP contribution in [0.25, 0.3) is 22.3 Å². The smallest absolute Gasteiger partial charge is 0.238 e. The molecule has 2 aromatic carbocycles. The zero-order chi connectivity index (χ0) is 26.3. The summed E-state index contributed by atoms with van der Waals surface area (Å²) in [4.78, 5) is 12.9. The Bertz CT molecular complexity index is 1330. The second-order valence-corrected chi connectivity index (χ2v) is 7.94.